The SMILES string of the molecule is CCNCc1cc(F)ccc1OCC(=O)NC(C)(C)CC. The first-order valence-corrected chi connectivity index (χ1v) is 7.31. The van der Waals surface area contributed by atoms with Crippen molar-refractivity contribution in [2.75, 3.05) is 13.2 Å². The summed E-state index contributed by atoms with van der Waals surface area (Å²) in [6.07, 6.45) is 0.834. The fourth-order valence-corrected chi connectivity index (χ4v) is 1.73. The molecule has 1 amide bonds. The topological polar surface area (TPSA) is 50.4 Å². The summed E-state index contributed by atoms with van der Waals surface area (Å²) in [4.78, 5) is 11.9. The Kier molecular flexibility index (Phi) is 6.62. The molecule has 0 radical (unpaired) electrons. The van der Waals surface area contributed by atoms with E-state index in [0.717, 1.165) is 13.0 Å². The fourth-order valence-electron chi connectivity index (χ4n) is 1.73. The zero-order chi connectivity index (χ0) is 15.9. The predicted molar refractivity (Wildman–Crippen MR) is 81.8 cm³/mol. The van der Waals surface area contributed by atoms with E-state index in [4.69, 9.17) is 4.74 Å². The van der Waals surface area contributed by atoms with E-state index in [1.807, 2.05) is 27.7 Å². The zero-order valence-corrected chi connectivity index (χ0v) is 13.3. The molecule has 0 spiro atoms. The van der Waals surface area contributed by atoms with Crippen LogP contribution in [0.15, 0.2) is 18.2 Å². The molecule has 0 aromatic heterocycles. The van der Waals surface area contributed by atoms with Crippen molar-refractivity contribution in [1.82, 2.24) is 10.6 Å². The summed E-state index contributed by atoms with van der Waals surface area (Å²) in [7, 11) is 0. The average molecular weight is 296 g/mol. The molecular weight excluding hydrogens is 271 g/mol. The van der Waals surface area contributed by atoms with Gasteiger partial charge in [0.25, 0.3) is 5.91 Å². The lowest BCUT2D eigenvalue weighted by molar-refractivity contribution is -0.124. The van der Waals surface area contributed by atoms with E-state index in [9.17, 15) is 9.18 Å². The van der Waals surface area contributed by atoms with E-state index in [1.54, 1.807) is 6.07 Å². The molecular formula is C16H25FN2O2. The number of hydrogen-bond acceptors (Lipinski definition) is 3. The largest absolute Gasteiger partial charge is 0.483 e. The van der Waals surface area contributed by atoms with Crippen molar-refractivity contribution in [2.45, 2.75) is 46.2 Å². The van der Waals surface area contributed by atoms with Crippen LogP contribution in [0.4, 0.5) is 4.39 Å². The number of nitrogens with one attached hydrogen (secondary N) is 2. The van der Waals surface area contributed by atoms with Gasteiger partial charge in [-0.15, -0.1) is 0 Å². The number of halogens is 1. The summed E-state index contributed by atoms with van der Waals surface area (Å²) in [5, 5.41) is 6.02. The van der Waals surface area contributed by atoms with E-state index in [0.29, 0.717) is 17.9 Å². The molecule has 0 aliphatic carbocycles. The second-order valence-electron chi connectivity index (χ2n) is 5.61. The van der Waals surface area contributed by atoms with Gasteiger partial charge >= 0.3 is 0 Å². The molecule has 0 heterocycles. The summed E-state index contributed by atoms with van der Waals surface area (Å²) in [5.74, 6) is 0.0363. The molecule has 21 heavy (non-hydrogen) atoms. The van der Waals surface area contributed by atoms with Gasteiger partial charge in [0.05, 0.1) is 0 Å². The highest BCUT2D eigenvalue weighted by Gasteiger charge is 2.18. The first kappa shape index (κ1) is 17.4. The Hall–Kier alpha value is -1.62. The van der Waals surface area contributed by atoms with E-state index >= 15 is 0 Å². The molecule has 1 aromatic rings. The maximum absolute atomic E-state index is 13.3. The number of carbonyl (C=O) groups is 1. The van der Waals surface area contributed by atoms with Gasteiger partial charge in [0.1, 0.15) is 11.6 Å². The van der Waals surface area contributed by atoms with E-state index in [2.05, 4.69) is 10.6 Å². The van der Waals surface area contributed by atoms with Crippen molar-refractivity contribution in [2.24, 2.45) is 0 Å². The molecule has 4 nitrogen and oxygen atoms in total. The number of carbonyl (C=O) groups excluding carboxylic acids is 1. The zero-order valence-electron chi connectivity index (χ0n) is 13.3. The summed E-state index contributed by atoms with van der Waals surface area (Å²) in [6, 6.07) is 4.31. The quantitative estimate of drug-likeness (QED) is 0.775. The molecule has 0 fully saturated rings. The van der Waals surface area contributed by atoms with Gasteiger partial charge in [0.15, 0.2) is 6.61 Å². The Morgan fingerprint density at radius 2 is 2.05 bits per heavy atom. The van der Waals surface area contributed by atoms with Crippen molar-refractivity contribution in [3.05, 3.63) is 29.6 Å². The van der Waals surface area contributed by atoms with Crippen LogP contribution in [0, 0.1) is 5.82 Å². The van der Waals surface area contributed by atoms with E-state index in [-0.39, 0.29) is 23.9 Å². The van der Waals surface area contributed by atoms with Gasteiger partial charge in [-0.1, -0.05) is 13.8 Å². The van der Waals surface area contributed by atoms with Crippen LogP contribution in [-0.4, -0.2) is 24.6 Å². The molecule has 0 saturated heterocycles. The summed E-state index contributed by atoms with van der Waals surface area (Å²) >= 11 is 0. The lowest BCUT2D eigenvalue weighted by Crippen LogP contribution is -2.44. The molecule has 1 aromatic carbocycles. The van der Waals surface area contributed by atoms with Crippen LogP contribution in [0.2, 0.25) is 0 Å². The lowest BCUT2D eigenvalue weighted by atomic mass is 10.0. The number of amides is 1. The minimum absolute atomic E-state index is 0.0752. The van der Waals surface area contributed by atoms with Gasteiger partial charge in [-0.2, -0.15) is 0 Å². The standard InChI is InChI=1S/C16H25FN2O2/c1-5-16(3,4)19-15(20)11-21-14-8-7-13(17)9-12(14)10-18-6-2/h7-9,18H,5-6,10-11H2,1-4H3,(H,19,20). The smallest absolute Gasteiger partial charge is 0.258 e. The van der Waals surface area contributed by atoms with Gasteiger partial charge in [-0.25, -0.2) is 4.39 Å². The Labute approximate surface area is 126 Å². The summed E-state index contributed by atoms with van der Waals surface area (Å²) < 4.78 is 18.8. The third-order valence-electron chi connectivity index (χ3n) is 3.31. The number of ether oxygens (including phenoxy) is 1. The molecule has 5 heteroatoms. The Morgan fingerprint density at radius 3 is 2.67 bits per heavy atom. The van der Waals surface area contributed by atoms with Crippen molar-refractivity contribution in [1.29, 1.82) is 0 Å². The second kappa shape index (κ2) is 7.98. The predicted octanol–water partition coefficient (Wildman–Crippen LogP) is 2.62. The van der Waals surface area contributed by atoms with Crippen LogP contribution in [0.1, 0.15) is 39.7 Å². The minimum atomic E-state index is -0.313. The van der Waals surface area contributed by atoms with Crippen LogP contribution in [0.5, 0.6) is 5.75 Å². The molecule has 0 saturated carbocycles. The molecule has 0 aliphatic rings. The van der Waals surface area contributed by atoms with Gasteiger partial charge in [-0.3, -0.25) is 4.79 Å². The maximum atomic E-state index is 13.3. The van der Waals surface area contributed by atoms with E-state index in [1.165, 1.54) is 12.1 Å². The highest BCUT2D eigenvalue weighted by molar-refractivity contribution is 5.78. The molecule has 0 atom stereocenters. The molecule has 1 rings (SSSR count). The fraction of sp³-hybridized carbons (Fsp3) is 0.562. The highest BCUT2D eigenvalue weighted by atomic mass is 19.1. The van der Waals surface area contributed by atoms with Crippen molar-refractivity contribution in [3.63, 3.8) is 0 Å². The van der Waals surface area contributed by atoms with Crippen LogP contribution < -0.4 is 15.4 Å². The number of benzene rings is 1. The van der Waals surface area contributed by atoms with Gasteiger partial charge < -0.3 is 15.4 Å². The Morgan fingerprint density at radius 1 is 1.33 bits per heavy atom. The highest BCUT2D eigenvalue weighted by Crippen LogP contribution is 2.19. The third-order valence-corrected chi connectivity index (χ3v) is 3.31. The molecule has 0 aliphatic heterocycles. The number of rotatable bonds is 8. The number of hydrogen-bond donors (Lipinski definition) is 2. The Bertz CT molecular complexity index is 475. The lowest BCUT2D eigenvalue weighted by Gasteiger charge is -2.24. The normalized spacial score (nSPS) is 11.3. The van der Waals surface area contributed by atoms with Crippen LogP contribution in [0.3, 0.4) is 0 Å². The van der Waals surface area contributed by atoms with Crippen LogP contribution in [-0.2, 0) is 11.3 Å². The van der Waals surface area contributed by atoms with Crippen LogP contribution in [0.25, 0.3) is 0 Å². The molecule has 0 bridgehead atoms. The van der Waals surface area contributed by atoms with Crippen molar-refractivity contribution in [3.8, 4) is 5.75 Å². The van der Waals surface area contributed by atoms with Crippen molar-refractivity contribution < 1.29 is 13.9 Å². The van der Waals surface area contributed by atoms with E-state index < -0.39 is 0 Å². The second-order valence-corrected chi connectivity index (χ2v) is 5.61. The molecule has 0 unspecified atom stereocenters. The minimum Gasteiger partial charge on any atom is -0.483 e. The third kappa shape index (κ3) is 6.12. The summed E-state index contributed by atoms with van der Waals surface area (Å²) in [5.41, 5.74) is 0.454. The van der Waals surface area contributed by atoms with Crippen LogP contribution >= 0.6 is 0 Å². The van der Waals surface area contributed by atoms with Gasteiger partial charge in [0.2, 0.25) is 0 Å². The monoisotopic (exact) mass is 296 g/mol. The first-order valence-electron chi connectivity index (χ1n) is 7.31. The average Bonchev–Trinajstić information content (AvgIpc) is 2.43. The first-order chi connectivity index (χ1) is 9.88. The summed E-state index contributed by atoms with van der Waals surface area (Å²) in [6.45, 7) is 9.11. The van der Waals surface area contributed by atoms with Crippen molar-refractivity contribution >= 4 is 5.91 Å². The maximum Gasteiger partial charge on any atom is 0.258 e. The van der Waals surface area contributed by atoms with Gasteiger partial charge in [0, 0.05) is 17.6 Å². The van der Waals surface area contributed by atoms with Gasteiger partial charge in [-0.05, 0) is 45.0 Å². The Balaban J connectivity index is 2.64. The molecule has 118 valence electrons. The molecule has 2 N–H and O–H groups in total.